The van der Waals surface area contributed by atoms with Crippen LogP contribution in [0.1, 0.15) is 24.3 Å². The van der Waals surface area contributed by atoms with E-state index in [0.29, 0.717) is 0 Å². The van der Waals surface area contributed by atoms with Crippen LogP contribution < -0.4 is 0 Å². The largest absolute Gasteiger partial charge is 0.235 e. The molecule has 2 rings (SSSR count). The molecule has 1 aromatic rings. The van der Waals surface area contributed by atoms with Crippen molar-refractivity contribution in [3.63, 3.8) is 0 Å². The highest BCUT2D eigenvalue weighted by atomic mass is 16.1. The summed E-state index contributed by atoms with van der Waals surface area (Å²) in [6.45, 7) is 0. The maximum Gasteiger partial charge on any atom is 0.235 e. The molecule has 76 valence electrons. The molecular formula is C13H13NO. The zero-order valence-corrected chi connectivity index (χ0v) is 8.47. The Morgan fingerprint density at radius 3 is 2.80 bits per heavy atom. The van der Waals surface area contributed by atoms with Crippen molar-refractivity contribution in [2.75, 3.05) is 0 Å². The van der Waals surface area contributed by atoms with Crippen molar-refractivity contribution in [2.24, 2.45) is 4.99 Å². The van der Waals surface area contributed by atoms with E-state index >= 15 is 0 Å². The normalized spacial score (nSPS) is 24.5. The van der Waals surface area contributed by atoms with Crippen molar-refractivity contribution in [1.29, 1.82) is 0 Å². The monoisotopic (exact) mass is 199 g/mol. The molecule has 0 fully saturated rings. The third kappa shape index (κ3) is 2.23. The molecule has 1 aromatic carbocycles. The van der Waals surface area contributed by atoms with Crippen LogP contribution in [-0.4, -0.2) is 12.1 Å². The van der Waals surface area contributed by atoms with Gasteiger partial charge in [0.25, 0.3) is 0 Å². The highest BCUT2D eigenvalue weighted by Gasteiger charge is 2.22. The maximum atomic E-state index is 10.3. The first-order valence-electron chi connectivity index (χ1n) is 5.20. The lowest BCUT2D eigenvalue weighted by Crippen LogP contribution is -2.17. The summed E-state index contributed by atoms with van der Waals surface area (Å²) in [7, 11) is 0. The zero-order chi connectivity index (χ0) is 10.5. The molecule has 0 unspecified atom stereocenters. The van der Waals surface area contributed by atoms with Crippen molar-refractivity contribution in [2.45, 2.75) is 24.8 Å². The first-order valence-corrected chi connectivity index (χ1v) is 5.20. The Labute approximate surface area is 89.3 Å². The standard InChI is InChI=1S/C13H13NO/c15-10-14-13-9-5-4-8-12(13)11-6-2-1-3-7-11/h1-4,6-8,12-13H,5,9H2/t12-,13+/m0/s1. The molecule has 0 spiro atoms. The van der Waals surface area contributed by atoms with E-state index in [-0.39, 0.29) is 12.0 Å². The molecule has 0 amide bonds. The van der Waals surface area contributed by atoms with Crippen LogP contribution in [0.5, 0.6) is 0 Å². The fraction of sp³-hybridized carbons (Fsp3) is 0.308. The van der Waals surface area contributed by atoms with Crippen molar-refractivity contribution in [3.8, 4) is 0 Å². The smallest absolute Gasteiger partial charge is 0.211 e. The fourth-order valence-electron chi connectivity index (χ4n) is 2.04. The Morgan fingerprint density at radius 1 is 1.27 bits per heavy atom. The topological polar surface area (TPSA) is 29.4 Å². The summed E-state index contributed by atoms with van der Waals surface area (Å²) in [5, 5.41) is 0. The zero-order valence-electron chi connectivity index (χ0n) is 8.47. The van der Waals surface area contributed by atoms with E-state index in [1.807, 2.05) is 18.2 Å². The molecule has 2 nitrogen and oxygen atoms in total. The van der Waals surface area contributed by atoms with Gasteiger partial charge >= 0.3 is 0 Å². The van der Waals surface area contributed by atoms with Gasteiger partial charge in [-0.2, -0.15) is 0 Å². The summed E-state index contributed by atoms with van der Waals surface area (Å²) in [6.07, 6.45) is 7.92. The van der Waals surface area contributed by atoms with Crippen LogP contribution in [0.25, 0.3) is 0 Å². The molecule has 1 aliphatic rings. The third-order valence-corrected chi connectivity index (χ3v) is 2.79. The molecule has 2 atom stereocenters. The second kappa shape index (κ2) is 4.72. The molecule has 0 radical (unpaired) electrons. The number of benzene rings is 1. The molecule has 0 saturated carbocycles. The lowest BCUT2D eigenvalue weighted by molar-refractivity contribution is 0.524. The van der Waals surface area contributed by atoms with Gasteiger partial charge < -0.3 is 0 Å². The average Bonchev–Trinajstić information content (AvgIpc) is 2.31. The second-order valence-electron chi connectivity index (χ2n) is 3.73. The van der Waals surface area contributed by atoms with Gasteiger partial charge in [-0.05, 0) is 18.4 Å². The number of nitrogens with zero attached hydrogens (tertiary/aromatic N) is 1. The lowest BCUT2D eigenvalue weighted by Gasteiger charge is -2.23. The van der Waals surface area contributed by atoms with Gasteiger partial charge in [-0.1, -0.05) is 42.5 Å². The quantitative estimate of drug-likeness (QED) is 0.409. The van der Waals surface area contributed by atoms with Gasteiger partial charge in [-0.15, -0.1) is 0 Å². The molecule has 0 saturated heterocycles. The maximum absolute atomic E-state index is 10.3. The fourth-order valence-corrected chi connectivity index (χ4v) is 2.04. The Kier molecular flexibility index (Phi) is 3.11. The van der Waals surface area contributed by atoms with Gasteiger partial charge in [-0.25, -0.2) is 9.79 Å². The van der Waals surface area contributed by atoms with E-state index in [1.165, 1.54) is 5.56 Å². The number of isocyanates is 1. The van der Waals surface area contributed by atoms with E-state index in [0.717, 1.165) is 12.8 Å². The van der Waals surface area contributed by atoms with Crippen molar-refractivity contribution in [3.05, 3.63) is 48.0 Å². The van der Waals surface area contributed by atoms with Gasteiger partial charge in [0.05, 0.1) is 6.04 Å². The van der Waals surface area contributed by atoms with Gasteiger partial charge in [0, 0.05) is 5.92 Å². The summed E-state index contributed by atoms with van der Waals surface area (Å²) in [5.74, 6) is 0.237. The Bertz CT molecular complexity index is 390. The highest BCUT2D eigenvalue weighted by molar-refractivity contribution is 5.36. The Hall–Kier alpha value is -1.66. The average molecular weight is 199 g/mol. The molecule has 2 heteroatoms. The van der Waals surface area contributed by atoms with Crippen LogP contribution in [0.4, 0.5) is 0 Å². The van der Waals surface area contributed by atoms with Gasteiger partial charge in [-0.3, -0.25) is 0 Å². The van der Waals surface area contributed by atoms with Crippen LogP contribution >= 0.6 is 0 Å². The first-order chi connectivity index (χ1) is 7.42. The van der Waals surface area contributed by atoms with Crippen LogP contribution in [0.2, 0.25) is 0 Å². The van der Waals surface area contributed by atoms with E-state index in [9.17, 15) is 4.79 Å². The number of aliphatic imine (C=N–C) groups is 1. The predicted molar refractivity (Wildman–Crippen MR) is 59.5 cm³/mol. The summed E-state index contributed by atoms with van der Waals surface area (Å²) in [4.78, 5) is 14.2. The molecule has 1 aliphatic carbocycles. The minimum atomic E-state index is 0.0647. The van der Waals surface area contributed by atoms with Crippen LogP contribution in [0, 0.1) is 0 Å². The number of rotatable bonds is 2. The van der Waals surface area contributed by atoms with Crippen molar-refractivity contribution >= 4 is 6.08 Å². The number of carbonyl (C=O) groups excluding carboxylic acids is 1. The van der Waals surface area contributed by atoms with Gasteiger partial charge in [0.2, 0.25) is 6.08 Å². The van der Waals surface area contributed by atoms with Gasteiger partial charge in [0.1, 0.15) is 0 Å². The van der Waals surface area contributed by atoms with E-state index in [2.05, 4.69) is 29.3 Å². The summed E-state index contributed by atoms with van der Waals surface area (Å²) in [5.41, 5.74) is 1.22. The lowest BCUT2D eigenvalue weighted by atomic mass is 9.85. The molecule has 0 aliphatic heterocycles. The number of allylic oxidation sites excluding steroid dienone is 1. The SMILES string of the molecule is O=C=N[C@@H]1CCC=C[C@H]1c1ccccc1. The molecule has 0 aromatic heterocycles. The molecule has 0 heterocycles. The first kappa shape index (κ1) is 9.88. The summed E-state index contributed by atoms with van der Waals surface area (Å²) in [6, 6.07) is 10.2. The Balaban J connectivity index is 2.29. The predicted octanol–water partition coefficient (Wildman–Crippen LogP) is 2.82. The van der Waals surface area contributed by atoms with Gasteiger partial charge in [0.15, 0.2) is 0 Å². The van der Waals surface area contributed by atoms with Crippen LogP contribution in [-0.2, 0) is 4.79 Å². The van der Waals surface area contributed by atoms with E-state index in [4.69, 9.17) is 0 Å². The van der Waals surface area contributed by atoms with E-state index in [1.54, 1.807) is 6.08 Å². The minimum absolute atomic E-state index is 0.0647. The van der Waals surface area contributed by atoms with Crippen molar-refractivity contribution in [1.82, 2.24) is 0 Å². The molecule has 0 bridgehead atoms. The van der Waals surface area contributed by atoms with E-state index < -0.39 is 0 Å². The summed E-state index contributed by atoms with van der Waals surface area (Å²) < 4.78 is 0. The van der Waals surface area contributed by atoms with Crippen LogP contribution in [0.15, 0.2) is 47.5 Å². The third-order valence-electron chi connectivity index (χ3n) is 2.79. The highest BCUT2D eigenvalue weighted by Crippen LogP contribution is 2.29. The number of hydrogen-bond donors (Lipinski definition) is 0. The van der Waals surface area contributed by atoms with Crippen molar-refractivity contribution < 1.29 is 4.79 Å². The molecule has 15 heavy (non-hydrogen) atoms. The number of hydrogen-bond acceptors (Lipinski definition) is 2. The summed E-state index contributed by atoms with van der Waals surface area (Å²) >= 11 is 0. The minimum Gasteiger partial charge on any atom is -0.211 e. The second-order valence-corrected chi connectivity index (χ2v) is 3.73. The molecular weight excluding hydrogens is 186 g/mol. The molecule has 0 N–H and O–H groups in total. The Morgan fingerprint density at radius 2 is 2.07 bits per heavy atom. The van der Waals surface area contributed by atoms with Crippen LogP contribution in [0.3, 0.4) is 0 Å².